The van der Waals surface area contributed by atoms with Crippen LogP contribution in [0.15, 0.2) is 73.1 Å². The number of hydrogen-bond acceptors (Lipinski definition) is 3. The Morgan fingerprint density at radius 3 is 2.57 bits per heavy atom. The summed E-state index contributed by atoms with van der Waals surface area (Å²) in [7, 11) is 0. The van der Waals surface area contributed by atoms with E-state index < -0.39 is 11.6 Å². The first kappa shape index (κ1) is 24.1. The summed E-state index contributed by atoms with van der Waals surface area (Å²) in [5, 5.41) is 9.66. The summed E-state index contributed by atoms with van der Waals surface area (Å²) in [5.74, 6) is -1.76. The molecule has 1 amide bonds. The van der Waals surface area contributed by atoms with Gasteiger partial charge >= 0.3 is 0 Å². The van der Waals surface area contributed by atoms with Crippen molar-refractivity contribution in [2.75, 3.05) is 6.54 Å². The Morgan fingerprint density at radius 2 is 1.91 bits per heavy atom. The highest BCUT2D eigenvalue weighted by molar-refractivity contribution is 6.30. The Bertz CT molecular complexity index is 1400. The summed E-state index contributed by atoms with van der Waals surface area (Å²) in [4.78, 5) is 19.4. The van der Waals surface area contributed by atoms with E-state index in [4.69, 9.17) is 16.9 Å². The summed E-state index contributed by atoms with van der Waals surface area (Å²) in [6.07, 6.45) is 3.46. The standard InChI is InChI=1S/C27H21ClF2N4O/c1-18-23(27(35)33(13-3-11-31)17-19-4-2-12-32-16-19)15-26(20-5-7-21(28)8-6-20)34(18)25-10-9-22(29)14-24(25)30/h2,4-10,12,14-16H,3,13,17H2,1H3. The molecule has 0 fully saturated rings. The van der Waals surface area contributed by atoms with Gasteiger partial charge < -0.3 is 9.47 Å². The van der Waals surface area contributed by atoms with Gasteiger partial charge in [0.05, 0.1) is 29.4 Å². The van der Waals surface area contributed by atoms with E-state index >= 15 is 0 Å². The van der Waals surface area contributed by atoms with Crippen molar-refractivity contribution in [3.63, 3.8) is 0 Å². The summed E-state index contributed by atoms with van der Waals surface area (Å²) >= 11 is 6.05. The number of carbonyl (C=O) groups excluding carboxylic acids is 1. The summed E-state index contributed by atoms with van der Waals surface area (Å²) in [6.45, 7) is 2.19. The van der Waals surface area contributed by atoms with E-state index in [2.05, 4.69) is 11.1 Å². The van der Waals surface area contributed by atoms with Crippen LogP contribution in [0.3, 0.4) is 0 Å². The highest BCUT2D eigenvalue weighted by atomic mass is 35.5. The smallest absolute Gasteiger partial charge is 0.256 e. The number of pyridine rings is 1. The van der Waals surface area contributed by atoms with E-state index in [0.29, 0.717) is 27.5 Å². The number of halogens is 3. The lowest BCUT2D eigenvalue weighted by molar-refractivity contribution is 0.0746. The molecule has 0 N–H and O–H groups in total. The van der Waals surface area contributed by atoms with Gasteiger partial charge in [-0.05, 0) is 54.4 Å². The molecule has 2 aromatic heterocycles. The van der Waals surface area contributed by atoms with Crippen molar-refractivity contribution in [1.29, 1.82) is 5.26 Å². The first-order valence-electron chi connectivity index (χ1n) is 10.9. The molecule has 35 heavy (non-hydrogen) atoms. The zero-order valence-corrected chi connectivity index (χ0v) is 19.6. The minimum Gasteiger partial charge on any atom is -0.333 e. The normalized spacial score (nSPS) is 10.7. The molecule has 8 heteroatoms. The SMILES string of the molecule is Cc1c(C(=O)N(CCC#N)Cc2cccnc2)cc(-c2ccc(Cl)cc2)n1-c1ccc(F)cc1F. The Hall–Kier alpha value is -4.02. The van der Waals surface area contributed by atoms with Crippen molar-refractivity contribution < 1.29 is 13.6 Å². The second-order valence-corrected chi connectivity index (χ2v) is 8.40. The van der Waals surface area contributed by atoms with Crippen molar-refractivity contribution in [2.24, 2.45) is 0 Å². The molecule has 4 rings (SSSR count). The molecule has 2 heterocycles. The van der Waals surface area contributed by atoms with Gasteiger partial charge in [-0.2, -0.15) is 5.26 Å². The van der Waals surface area contributed by atoms with Gasteiger partial charge in [-0.15, -0.1) is 0 Å². The zero-order valence-electron chi connectivity index (χ0n) is 18.9. The Balaban J connectivity index is 1.84. The maximum Gasteiger partial charge on any atom is 0.256 e. The number of benzene rings is 2. The van der Waals surface area contributed by atoms with Gasteiger partial charge in [0.1, 0.15) is 11.6 Å². The third kappa shape index (κ3) is 5.23. The third-order valence-corrected chi connectivity index (χ3v) is 5.90. The van der Waals surface area contributed by atoms with E-state index in [1.165, 1.54) is 12.1 Å². The minimum atomic E-state index is -0.755. The van der Waals surface area contributed by atoms with E-state index in [9.17, 15) is 13.6 Å². The average molecular weight is 491 g/mol. The maximum absolute atomic E-state index is 14.9. The lowest BCUT2D eigenvalue weighted by Crippen LogP contribution is -2.31. The van der Waals surface area contributed by atoms with Crippen LogP contribution in [-0.2, 0) is 6.54 Å². The molecule has 0 atom stereocenters. The highest BCUT2D eigenvalue weighted by Gasteiger charge is 2.25. The predicted octanol–water partition coefficient (Wildman–Crippen LogP) is 6.34. The van der Waals surface area contributed by atoms with E-state index in [1.54, 1.807) is 65.2 Å². The summed E-state index contributed by atoms with van der Waals surface area (Å²) < 4.78 is 30.1. The molecule has 0 aliphatic rings. The topological polar surface area (TPSA) is 61.9 Å². The Labute approximate surface area is 206 Å². The molecule has 176 valence electrons. The van der Waals surface area contributed by atoms with Gasteiger partial charge in [0.2, 0.25) is 0 Å². The molecule has 5 nitrogen and oxygen atoms in total. The molecule has 0 spiro atoms. The monoisotopic (exact) mass is 490 g/mol. The molecular formula is C27H21ClF2N4O. The van der Waals surface area contributed by atoms with Crippen LogP contribution < -0.4 is 0 Å². The molecule has 0 saturated heterocycles. The number of amides is 1. The van der Waals surface area contributed by atoms with Gasteiger partial charge in [0, 0.05) is 42.3 Å². The molecule has 2 aromatic carbocycles. The number of aromatic nitrogens is 2. The molecule has 0 aliphatic carbocycles. The lowest BCUT2D eigenvalue weighted by atomic mass is 10.1. The van der Waals surface area contributed by atoms with Crippen molar-refractivity contribution in [1.82, 2.24) is 14.5 Å². The molecule has 0 saturated carbocycles. The average Bonchev–Trinajstić information content (AvgIpc) is 3.19. The van der Waals surface area contributed by atoms with Crippen LogP contribution in [0.1, 0.15) is 28.0 Å². The van der Waals surface area contributed by atoms with Crippen molar-refractivity contribution >= 4 is 17.5 Å². The fourth-order valence-corrected chi connectivity index (χ4v) is 4.08. The quantitative estimate of drug-likeness (QED) is 0.304. The molecule has 0 bridgehead atoms. The second-order valence-electron chi connectivity index (χ2n) is 7.96. The number of carbonyl (C=O) groups is 1. The Morgan fingerprint density at radius 1 is 1.14 bits per heavy atom. The molecule has 0 aliphatic heterocycles. The van der Waals surface area contributed by atoms with E-state index in [1.807, 2.05) is 6.07 Å². The molecular weight excluding hydrogens is 470 g/mol. The first-order valence-corrected chi connectivity index (χ1v) is 11.3. The number of nitrogens with zero attached hydrogens (tertiary/aromatic N) is 4. The molecule has 4 aromatic rings. The largest absolute Gasteiger partial charge is 0.333 e. The number of rotatable bonds is 7. The van der Waals surface area contributed by atoms with Gasteiger partial charge in [-0.1, -0.05) is 29.8 Å². The second kappa shape index (κ2) is 10.5. The fraction of sp³-hybridized carbons (Fsp3) is 0.148. The third-order valence-electron chi connectivity index (χ3n) is 5.65. The van der Waals surface area contributed by atoms with Gasteiger partial charge in [0.15, 0.2) is 0 Å². The van der Waals surface area contributed by atoms with Crippen LogP contribution in [0.25, 0.3) is 16.9 Å². The van der Waals surface area contributed by atoms with Crippen LogP contribution >= 0.6 is 11.6 Å². The van der Waals surface area contributed by atoms with Crippen molar-refractivity contribution in [3.8, 4) is 23.0 Å². The van der Waals surface area contributed by atoms with Crippen molar-refractivity contribution in [3.05, 3.63) is 107 Å². The minimum absolute atomic E-state index is 0.115. The summed E-state index contributed by atoms with van der Waals surface area (Å²) in [5.41, 5.74) is 3.02. The maximum atomic E-state index is 14.9. The van der Waals surface area contributed by atoms with Gasteiger partial charge in [-0.25, -0.2) is 8.78 Å². The van der Waals surface area contributed by atoms with Crippen LogP contribution in [0.5, 0.6) is 0 Å². The fourth-order valence-electron chi connectivity index (χ4n) is 3.95. The van der Waals surface area contributed by atoms with Crippen LogP contribution in [0.2, 0.25) is 5.02 Å². The highest BCUT2D eigenvalue weighted by Crippen LogP contribution is 2.32. The first-order chi connectivity index (χ1) is 16.9. The van der Waals surface area contributed by atoms with Crippen LogP contribution in [-0.4, -0.2) is 26.9 Å². The van der Waals surface area contributed by atoms with Crippen molar-refractivity contribution in [2.45, 2.75) is 19.9 Å². The van der Waals surface area contributed by atoms with Gasteiger partial charge in [0.25, 0.3) is 5.91 Å². The van der Waals surface area contributed by atoms with Crippen LogP contribution in [0.4, 0.5) is 8.78 Å². The predicted molar refractivity (Wildman–Crippen MR) is 130 cm³/mol. The molecule has 0 radical (unpaired) electrons. The van der Waals surface area contributed by atoms with Gasteiger partial charge in [-0.3, -0.25) is 9.78 Å². The number of hydrogen-bond donors (Lipinski definition) is 0. The van der Waals surface area contributed by atoms with E-state index in [0.717, 1.165) is 11.6 Å². The summed E-state index contributed by atoms with van der Waals surface area (Å²) in [6, 6.07) is 17.7. The molecule has 0 unspecified atom stereocenters. The Kier molecular flexibility index (Phi) is 7.23. The number of nitriles is 1. The van der Waals surface area contributed by atoms with Crippen LogP contribution in [0, 0.1) is 29.9 Å². The van der Waals surface area contributed by atoms with E-state index in [-0.39, 0.29) is 31.1 Å². The zero-order chi connectivity index (χ0) is 24.9. The lowest BCUT2D eigenvalue weighted by Gasteiger charge is -2.22.